The number of ether oxygens (including phenoxy) is 2. The average molecular weight is 534 g/mol. The fourth-order valence-electron chi connectivity index (χ4n) is 4.30. The topological polar surface area (TPSA) is 67.9 Å². The van der Waals surface area contributed by atoms with Gasteiger partial charge in [0.2, 0.25) is 5.91 Å². The van der Waals surface area contributed by atoms with Gasteiger partial charge in [0.25, 0.3) is 5.91 Å². The summed E-state index contributed by atoms with van der Waals surface area (Å²) < 4.78 is 12.2. The van der Waals surface area contributed by atoms with Crippen LogP contribution < -0.4 is 10.1 Å². The normalized spacial score (nSPS) is 21.4. The van der Waals surface area contributed by atoms with Crippen LogP contribution in [0.4, 0.5) is 0 Å². The van der Waals surface area contributed by atoms with Crippen LogP contribution in [0.2, 0.25) is 5.02 Å². The zero-order valence-corrected chi connectivity index (χ0v) is 20.7. The maximum Gasteiger partial charge on any atom is 0.289 e. The van der Waals surface area contributed by atoms with Crippen molar-refractivity contribution in [1.29, 1.82) is 0 Å². The molecule has 4 rings (SSSR count). The van der Waals surface area contributed by atoms with Crippen LogP contribution in [0.15, 0.2) is 52.7 Å². The first-order valence-electron chi connectivity index (χ1n) is 11.0. The van der Waals surface area contributed by atoms with Gasteiger partial charge in [-0.25, -0.2) is 0 Å². The Balaban J connectivity index is 1.50. The molecule has 1 aliphatic carbocycles. The Bertz CT molecular complexity index is 1060. The molecule has 1 N–H and O–H groups in total. The molecule has 2 unspecified atom stereocenters. The quantitative estimate of drug-likeness (QED) is 0.534. The predicted molar refractivity (Wildman–Crippen MR) is 131 cm³/mol. The third kappa shape index (κ3) is 5.71. The number of benzene rings is 2. The summed E-state index contributed by atoms with van der Waals surface area (Å²) in [7, 11) is 1.60. The molecule has 2 aliphatic rings. The van der Waals surface area contributed by atoms with Crippen molar-refractivity contribution in [2.75, 3.05) is 13.7 Å². The highest BCUT2D eigenvalue weighted by atomic mass is 79.9. The smallest absolute Gasteiger partial charge is 0.289 e. The van der Waals surface area contributed by atoms with Crippen molar-refractivity contribution in [3.05, 3.63) is 68.8 Å². The van der Waals surface area contributed by atoms with Gasteiger partial charge >= 0.3 is 0 Å². The first kappa shape index (κ1) is 23.6. The molecule has 1 saturated carbocycles. The van der Waals surface area contributed by atoms with Crippen molar-refractivity contribution >= 4 is 45.4 Å². The zero-order valence-electron chi connectivity index (χ0n) is 18.4. The van der Waals surface area contributed by atoms with Gasteiger partial charge in [-0.2, -0.15) is 0 Å². The maximum absolute atomic E-state index is 13.3. The van der Waals surface area contributed by atoms with E-state index in [1.807, 2.05) is 30.3 Å². The van der Waals surface area contributed by atoms with Crippen molar-refractivity contribution in [3.8, 4) is 5.75 Å². The van der Waals surface area contributed by atoms with Crippen LogP contribution in [0, 0.1) is 0 Å². The lowest BCUT2D eigenvalue weighted by molar-refractivity contribution is -0.151. The van der Waals surface area contributed by atoms with Crippen LogP contribution in [0.5, 0.6) is 5.75 Å². The van der Waals surface area contributed by atoms with Crippen molar-refractivity contribution in [3.63, 3.8) is 0 Å². The molecule has 1 saturated heterocycles. The first-order valence-corrected chi connectivity index (χ1v) is 12.2. The number of amides is 2. The number of hydrogen-bond acceptors (Lipinski definition) is 4. The van der Waals surface area contributed by atoms with E-state index in [1.165, 1.54) is 0 Å². The summed E-state index contributed by atoms with van der Waals surface area (Å²) in [4.78, 5) is 27.8. The van der Waals surface area contributed by atoms with Crippen LogP contribution in [0.1, 0.15) is 36.8 Å². The van der Waals surface area contributed by atoms with E-state index in [0.717, 1.165) is 41.3 Å². The largest absolute Gasteiger partial charge is 0.496 e. The summed E-state index contributed by atoms with van der Waals surface area (Å²) in [5.74, 6) is 0.517. The van der Waals surface area contributed by atoms with Crippen LogP contribution in [-0.2, 0) is 20.9 Å². The van der Waals surface area contributed by atoms with E-state index in [2.05, 4.69) is 21.2 Å². The van der Waals surface area contributed by atoms with Gasteiger partial charge in [0.1, 0.15) is 18.4 Å². The van der Waals surface area contributed by atoms with E-state index in [0.29, 0.717) is 17.3 Å². The summed E-state index contributed by atoms with van der Waals surface area (Å²) in [6, 6.07) is 12.8. The molecule has 0 bridgehead atoms. The van der Waals surface area contributed by atoms with E-state index in [1.54, 1.807) is 30.2 Å². The molecule has 0 spiro atoms. The molecule has 2 amide bonds. The molecule has 33 heavy (non-hydrogen) atoms. The van der Waals surface area contributed by atoms with Crippen molar-refractivity contribution in [1.82, 2.24) is 10.2 Å². The second kappa shape index (κ2) is 10.6. The Kier molecular flexibility index (Phi) is 7.60. The highest BCUT2D eigenvalue weighted by molar-refractivity contribution is 9.10. The average Bonchev–Trinajstić information content (AvgIpc) is 2.81. The number of hydrogen-bond donors (Lipinski definition) is 1. The third-order valence-corrected chi connectivity index (χ3v) is 6.88. The molecule has 0 radical (unpaired) electrons. The molecule has 8 heteroatoms. The Morgan fingerprint density at radius 3 is 2.73 bits per heavy atom. The van der Waals surface area contributed by atoms with Crippen molar-refractivity contribution in [2.24, 2.45) is 0 Å². The lowest BCUT2D eigenvalue weighted by Crippen LogP contribution is -2.57. The molecule has 6 nitrogen and oxygen atoms in total. The maximum atomic E-state index is 13.3. The minimum Gasteiger partial charge on any atom is -0.496 e. The van der Waals surface area contributed by atoms with Gasteiger partial charge < -0.3 is 19.7 Å². The number of carbonyl (C=O) groups is 2. The van der Waals surface area contributed by atoms with Crippen LogP contribution in [0.25, 0.3) is 6.08 Å². The number of carbonyl (C=O) groups excluding carboxylic acids is 2. The molecule has 1 heterocycles. The van der Waals surface area contributed by atoms with E-state index in [9.17, 15) is 9.59 Å². The minimum absolute atomic E-state index is 0.000592. The molecule has 0 aromatic heterocycles. The van der Waals surface area contributed by atoms with Gasteiger partial charge in [-0.3, -0.25) is 9.59 Å². The van der Waals surface area contributed by atoms with Gasteiger partial charge in [-0.15, -0.1) is 0 Å². The van der Waals surface area contributed by atoms with E-state index in [-0.39, 0.29) is 36.3 Å². The Morgan fingerprint density at radius 1 is 1.24 bits per heavy atom. The van der Waals surface area contributed by atoms with E-state index >= 15 is 0 Å². The minimum atomic E-state index is -0.258. The summed E-state index contributed by atoms with van der Waals surface area (Å²) >= 11 is 9.40. The summed E-state index contributed by atoms with van der Waals surface area (Å²) in [6.07, 6.45) is 5.40. The van der Waals surface area contributed by atoms with Gasteiger partial charge in [0.15, 0.2) is 5.76 Å². The summed E-state index contributed by atoms with van der Waals surface area (Å²) in [5, 5.41) is 3.56. The van der Waals surface area contributed by atoms with Crippen LogP contribution in [-0.4, -0.2) is 42.5 Å². The van der Waals surface area contributed by atoms with Crippen LogP contribution in [0.3, 0.4) is 0 Å². The number of morpholine rings is 1. The predicted octanol–water partition coefficient (Wildman–Crippen LogP) is 4.94. The third-order valence-electron chi connectivity index (χ3n) is 6.01. The molecule has 2 fully saturated rings. The summed E-state index contributed by atoms with van der Waals surface area (Å²) in [6.45, 7) is 0.381. The zero-order chi connectivity index (χ0) is 23.4. The molecule has 174 valence electrons. The Labute approximate surface area is 207 Å². The number of halogens is 2. The number of rotatable bonds is 6. The Hall–Kier alpha value is -2.51. The monoisotopic (exact) mass is 532 g/mol. The van der Waals surface area contributed by atoms with Gasteiger partial charge in [-0.05, 0) is 76.7 Å². The summed E-state index contributed by atoms with van der Waals surface area (Å²) in [5.41, 5.74) is 1.76. The highest BCUT2D eigenvalue weighted by Gasteiger charge is 2.42. The molecule has 2 atom stereocenters. The number of nitrogens with zero attached hydrogens (tertiary/aromatic N) is 1. The molecule has 2 aromatic rings. The Morgan fingerprint density at radius 2 is 2.00 bits per heavy atom. The van der Waals surface area contributed by atoms with E-state index < -0.39 is 0 Å². The van der Waals surface area contributed by atoms with Crippen LogP contribution >= 0.6 is 27.5 Å². The lowest BCUT2D eigenvalue weighted by atomic mass is 9.89. The lowest BCUT2D eigenvalue weighted by Gasteiger charge is -2.44. The second-order valence-electron chi connectivity index (χ2n) is 8.25. The SMILES string of the molecule is COc1ccc(/C=C2\OC3CCCCC3N(CC(=O)NCc3ccc(Cl)cc3)C2=O)cc1Br. The number of fused-ring (bicyclic) bond motifs is 1. The number of nitrogens with one attached hydrogen (secondary N) is 1. The highest BCUT2D eigenvalue weighted by Crippen LogP contribution is 2.34. The standard InChI is InChI=1S/C25H26BrClN2O4/c1-32-21-11-8-17(12-19(21)26)13-23-25(31)29(20-4-2-3-5-22(20)33-23)15-24(30)28-14-16-6-9-18(27)10-7-16/h6-13,20,22H,2-5,14-15H2,1H3,(H,28,30)/b23-13-. The van der Waals surface area contributed by atoms with Crippen molar-refractivity contribution < 1.29 is 19.1 Å². The van der Waals surface area contributed by atoms with Gasteiger partial charge in [0, 0.05) is 11.6 Å². The molecule has 2 aromatic carbocycles. The van der Waals surface area contributed by atoms with E-state index in [4.69, 9.17) is 21.1 Å². The molecular weight excluding hydrogens is 508 g/mol. The van der Waals surface area contributed by atoms with Gasteiger partial charge in [-0.1, -0.05) is 36.2 Å². The van der Waals surface area contributed by atoms with Gasteiger partial charge in [0.05, 0.1) is 17.6 Å². The van der Waals surface area contributed by atoms with Crippen molar-refractivity contribution in [2.45, 2.75) is 44.4 Å². The fraction of sp³-hybridized carbons (Fsp3) is 0.360. The first-order chi connectivity index (χ1) is 15.9. The fourth-order valence-corrected chi connectivity index (χ4v) is 4.98. The number of methoxy groups -OCH3 is 1. The second-order valence-corrected chi connectivity index (χ2v) is 9.54. The molecular formula is C25H26BrClN2O4. The molecule has 1 aliphatic heterocycles.